The molecule has 3 N–H and O–H groups in total. The van der Waals surface area contributed by atoms with Gasteiger partial charge >= 0.3 is 6.36 Å². The van der Waals surface area contributed by atoms with E-state index in [1.54, 1.807) is 30.3 Å². The summed E-state index contributed by atoms with van der Waals surface area (Å²) in [5.74, 6) is 0. The number of alkyl halides is 3. The Hall–Kier alpha value is -1.93. The van der Waals surface area contributed by atoms with E-state index in [-0.39, 0.29) is 6.42 Å². The van der Waals surface area contributed by atoms with Gasteiger partial charge in [-0.25, -0.2) is 0 Å². The highest BCUT2D eigenvalue weighted by atomic mass is 19.4. The smallest absolute Gasteiger partial charge is 0.358 e. The predicted octanol–water partition coefficient (Wildman–Crippen LogP) is 3.45. The maximum Gasteiger partial charge on any atom is 0.523 e. The van der Waals surface area contributed by atoms with Gasteiger partial charge in [-0.15, -0.1) is 13.2 Å². The molecular formula is C19H21F3N2O2. The largest absolute Gasteiger partial charge is 0.523 e. The van der Waals surface area contributed by atoms with Crippen LogP contribution in [0.25, 0.3) is 0 Å². The SMILES string of the molecule is CO[C@]1(c2ccccc2)NC(C(OC(F)(F)F)c2ccccc2)C[C@H]1N. The molecule has 1 heterocycles. The van der Waals surface area contributed by atoms with Crippen molar-refractivity contribution < 1.29 is 22.6 Å². The Balaban J connectivity index is 1.94. The summed E-state index contributed by atoms with van der Waals surface area (Å²) >= 11 is 0. The summed E-state index contributed by atoms with van der Waals surface area (Å²) in [5.41, 5.74) is 6.41. The third-order valence-corrected chi connectivity index (χ3v) is 4.71. The standard InChI is InChI=1S/C19H21F3N2O2/c1-25-18(14-10-6-3-7-11-14)16(23)12-15(24-18)17(26-19(20,21)22)13-8-4-2-5-9-13/h2-11,15-17,24H,12,23H2,1H3/t15?,16-,17?,18+/m1/s1. The second-order valence-corrected chi connectivity index (χ2v) is 6.29. The first-order valence-electron chi connectivity index (χ1n) is 8.29. The monoisotopic (exact) mass is 366 g/mol. The minimum Gasteiger partial charge on any atom is -0.358 e. The van der Waals surface area contributed by atoms with Crippen molar-refractivity contribution in [2.24, 2.45) is 5.73 Å². The number of rotatable bonds is 5. The van der Waals surface area contributed by atoms with Crippen molar-refractivity contribution in [1.29, 1.82) is 0 Å². The van der Waals surface area contributed by atoms with Gasteiger partial charge in [0.1, 0.15) is 6.10 Å². The Morgan fingerprint density at radius 1 is 1.08 bits per heavy atom. The zero-order valence-corrected chi connectivity index (χ0v) is 14.2. The fraction of sp³-hybridized carbons (Fsp3) is 0.368. The maximum atomic E-state index is 13.0. The van der Waals surface area contributed by atoms with E-state index in [1.165, 1.54) is 7.11 Å². The topological polar surface area (TPSA) is 56.5 Å². The Morgan fingerprint density at radius 2 is 1.65 bits per heavy atom. The molecule has 2 aromatic carbocycles. The van der Waals surface area contributed by atoms with Gasteiger partial charge in [0, 0.05) is 18.7 Å². The van der Waals surface area contributed by atoms with E-state index in [9.17, 15) is 13.2 Å². The first-order valence-corrected chi connectivity index (χ1v) is 8.29. The molecule has 4 nitrogen and oxygen atoms in total. The van der Waals surface area contributed by atoms with E-state index >= 15 is 0 Å². The molecule has 0 aliphatic carbocycles. The van der Waals surface area contributed by atoms with Gasteiger partial charge < -0.3 is 10.5 Å². The molecule has 0 radical (unpaired) electrons. The van der Waals surface area contributed by atoms with Gasteiger partial charge in [-0.2, -0.15) is 0 Å². The quantitative estimate of drug-likeness (QED) is 0.851. The van der Waals surface area contributed by atoms with E-state index in [4.69, 9.17) is 10.5 Å². The van der Waals surface area contributed by atoms with Crippen LogP contribution in [0.4, 0.5) is 13.2 Å². The third-order valence-electron chi connectivity index (χ3n) is 4.71. The number of benzene rings is 2. The lowest BCUT2D eigenvalue weighted by Crippen LogP contribution is -2.52. The van der Waals surface area contributed by atoms with Crippen LogP contribution in [-0.4, -0.2) is 25.6 Å². The minimum absolute atomic E-state index is 0.262. The zero-order valence-electron chi connectivity index (χ0n) is 14.2. The Bertz CT molecular complexity index is 712. The van der Waals surface area contributed by atoms with E-state index in [1.807, 2.05) is 30.3 Å². The summed E-state index contributed by atoms with van der Waals surface area (Å²) < 4.78 is 49.2. The minimum atomic E-state index is -4.77. The first-order chi connectivity index (χ1) is 12.4. The van der Waals surface area contributed by atoms with Crippen LogP contribution >= 0.6 is 0 Å². The van der Waals surface area contributed by atoms with Crippen LogP contribution in [0.2, 0.25) is 0 Å². The second kappa shape index (κ2) is 7.36. The number of nitrogens with two attached hydrogens (primary N) is 1. The Labute approximate surface area is 150 Å². The lowest BCUT2D eigenvalue weighted by Gasteiger charge is -2.34. The van der Waals surface area contributed by atoms with Crippen molar-refractivity contribution in [2.75, 3.05) is 7.11 Å². The highest BCUT2D eigenvalue weighted by Crippen LogP contribution is 2.40. The molecule has 3 rings (SSSR count). The number of nitrogens with one attached hydrogen (secondary N) is 1. The van der Waals surface area contributed by atoms with Gasteiger partial charge in [-0.1, -0.05) is 60.7 Å². The molecule has 7 heteroatoms. The summed E-state index contributed by atoms with van der Waals surface area (Å²) in [6, 6.07) is 16.3. The molecule has 2 unspecified atom stereocenters. The molecule has 2 aromatic rings. The second-order valence-electron chi connectivity index (χ2n) is 6.29. The number of methoxy groups -OCH3 is 1. The fourth-order valence-corrected chi connectivity index (χ4v) is 3.56. The van der Waals surface area contributed by atoms with Crippen molar-refractivity contribution in [3.05, 3.63) is 71.8 Å². The molecule has 1 aliphatic heterocycles. The van der Waals surface area contributed by atoms with Crippen molar-refractivity contribution >= 4 is 0 Å². The van der Waals surface area contributed by atoms with E-state index in [0.717, 1.165) is 5.56 Å². The zero-order chi connectivity index (χ0) is 18.8. The molecule has 0 spiro atoms. The number of ether oxygens (including phenoxy) is 2. The van der Waals surface area contributed by atoms with Gasteiger partial charge in [-0.3, -0.25) is 10.1 Å². The molecule has 26 heavy (non-hydrogen) atoms. The summed E-state index contributed by atoms with van der Waals surface area (Å²) in [5, 5.41) is 3.17. The van der Waals surface area contributed by atoms with Crippen LogP contribution in [0.5, 0.6) is 0 Å². The number of hydrogen-bond acceptors (Lipinski definition) is 4. The summed E-state index contributed by atoms with van der Waals surface area (Å²) in [4.78, 5) is 0. The van der Waals surface area contributed by atoms with Crippen LogP contribution in [0, 0.1) is 0 Å². The first kappa shape index (κ1) is 18.8. The molecule has 1 fully saturated rings. The number of hydrogen-bond donors (Lipinski definition) is 2. The Kier molecular flexibility index (Phi) is 5.34. The predicted molar refractivity (Wildman–Crippen MR) is 91.0 cm³/mol. The van der Waals surface area contributed by atoms with E-state index in [2.05, 4.69) is 10.1 Å². The average molecular weight is 366 g/mol. The average Bonchev–Trinajstić information content (AvgIpc) is 2.98. The normalized spacial score (nSPS) is 27.4. The van der Waals surface area contributed by atoms with Gasteiger partial charge in [0.25, 0.3) is 0 Å². The van der Waals surface area contributed by atoms with Crippen LogP contribution in [-0.2, 0) is 15.2 Å². The molecular weight excluding hydrogens is 345 g/mol. The molecule has 0 amide bonds. The molecule has 4 atom stereocenters. The lowest BCUT2D eigenvalue weighted by molar-refractivity contribution is -0.348. The summed E-state index contributed by atoms with van der Waals surface area (Å²) in [6.45, 7) is 0. The lowest BCUT2D eigenvalue weighted by atomic mass is 9.95. The van der Waals surface area contributed by atoms with Crippen molar-refractivity contribution in [1.82, 2.24) is 5.32 Å². The molecule has 0 bridgehead atoms. The van der Waals surface area contributed by atoms with Gasteiger partial charge in [0.15, 0.2) is 5.72 Å². The highest BCUT2D eigenvalue weighted by Gasteiger charge is 2.51. The highest BCUT2D eigenvalue weighted by molar-refractivity contribution is 5.28. The molecule has 0 saturated carbocycles. The van der Waals surface area contributed by atoms with Gasteiger partial charge in [-0.05, 0) is 12.0 Å². The van der Waals surface area contributed by atoms with Crippen molar-refractivity contribution in [3.63, 3.8) is 0 Å². The fourth-order valence-electron chi connectivity index (χ4n) is 3.56. The van der Waals surface area contributed by atoms with Crippen LogP contribution in [0.15, 0.2) is 60.7 Å². The Morgan fingerprint density at radius 3 is 2.19 bits per heavy atom. The van der Waals surface area contributed by atoms with Gasteiger partial charge in [0.2, 0.25) is 0 Å². The van der Waals surface area contributed by atoms with Gasteiger partial charge in [0.05, 0.1) is 6.04 Å². The summed E-state index contributed by atoms with van der Waals surface area (Å²) in [7, 11) is 1.49. The van der Waals surface area contributed by atoms with Crippen molar-refractivity contribution in [2.45, 2.75) is 36.7 Å². The van der Waals surface area contributed by atoms with E-state index < -0.39 is 30.3 Å². The van der Waals surface area contributed by atoms with Crippen LogP contribution < -0.4 is 11.1 Å². The molecule has 1 aliphatic rings. The maximum absolute atomic E-state index is 13.0. The summed E-state index contributed by atoms with van der Waals surface area (Å²) in [6.07, 6.45) is -5.74. The van der Waals surface area contributed by atoms with Crippen LogP contribution in [0.3, 0.4) is 0 Å². The van der Waals surface area contributed by atoms with E-state index in [0.29, 0.717) is 5.56 Å². The molecule has 1 saturated heterocycles. The molecule has 140 valence electrons. The van der Waals surface area contributed by atoms with Crippen molar-refractivity contribution in [3.8, 4) is 0 Å². The molecule has 0 aromatic heterocycles. The third kappa shape index (κ3) is 3.76. The van der Waals surface area contributed by atoms with Crippen LogP contribution in [0.1, 0.15) is 23.7 Å². The number of halogens is 3.